The van der Waals surface area contributed by atoms with Crippen molar-refractivity contribution >= 4 is 43.5 Å². The van der Waals surface area contributed by atoms with Crippen LogP contribution >= 0.6 is 15.9 Å². The minimum absolute atomic E-state index is 0.0681. The van der Waals surface area contributed by atoms with E-state index in [0.717, 1.165) is 21.7 Å². The Hall–Kier alpha value is -3.37. The monoisotopic (exact) mass is 629 g/mol. The number of para-hydroxylation sites is 1. The molecule has 3 aromatic carbocycles. The zero-order valence-corrected chi connectivity index (χ0v) is 25.8. The molecule has 0 fully saturated rings. The number of hydrogen-bond acceptors (Lipinski definition) is 5. The van der Waals surface area contributed by atoms with E-state index in [2.05, 4.69) is 21.2 Å². The molecule has 0 aromatic heterocycles. The van der Waals surface area contributed by atoms with Crippen LogP contribution in [-0.2, 0) is 32.6 Å². The lowest BCUT2D eigenvalue weighted by Gasteiger charge is -2.35. The van der Waals surface area contributed by atoms with Crippen LogP contribution in [0.15, 0.2) is 83.3 Å². The number of benzene rings is 3. The molecule has 0 radical (unpaired) electrons. The Morgan fingerprint density at radius 1 is 0.950 bits per heavy atom. The molecular formula is C30H36BrN3O5S. The van der Waals surface area contributed by atoms with E-state index in [4.69, 9.17) is 4.74 Å². The van der Waals surface area contributed by atoms with Crippen LogP contribution in [0.1, 0.15) is 31.9 Å². The quantitative estimate of drug-likeness (QED) is 0.329. The molecule has 0 spiro atoms. The number of methoxy groups -OCH3 is 1. The third-order valence-electron chi connectivity index (χ3n) is 6.06. The van der Waals surface area contributed by atoms with Gasteiger partial charge in [-0.05, 0) is 72.1 Å². The van der Waals surface area contributed by atoms with Crippen molar-refractivity contribution in [3.63, 3.8) is 0 Å². The van der Waals surface area contributed by atoms with Gasteiger partial charge in [-0.3, -0.25) is 13.9 Å². The molecule has 3 aromatic rings. The molecule has 0 aliphatic heterocycles. The fourth-order valence-corrected chi connectivity index (χ4v) is 5.70. The molecule has 0 aliphatic rings. The first-order chi connectivity index (χ1) is 18.8. The lowest BCUT2D eigenvalue weighted by molar-refractivity contribution is -0.140. The average molecular weight is 631 g/mol. The second-order valence-corrected chi connectivity index (χ2v) is 13.3. The number of rotatable bonds is 11. The molecule has 0 heterocycles. The van der Waals surface area contributed by atoms with E-state index in [-0.39, 0.29) is 18.9 Å². The van der Waals surface area contributed by atoms with Crippen molar-refractivity contribution in [1.29, 1.82) is 0 Å². The van der Waals surface area contributed by atoms with Crippen molar-refractivity contribution in [2.24, 2.45) is 0 Å². The molecule has 8 nitrogen and oxygen atoms in total. The van der Waals surface area contributed by atoms with Crippen LogP contribution in [0.4, 0.5) is 5.69 Å². The topological polar surface area (TPSA) is 96.0 Å². The molecule has 10 heteroatoms. The maximum absolute atomic E-state index is 14.1. The van der Waals surface area contributed by atoms with Gasteiger partial charge in [0, 0.05) is 23.0 Å². The molecule has 0 saturated carbocycles. The fourth-order valence-electron chi connectivity index (χ4n) is 4.22. The highest BCUT2D eigenvalue weighted by Crippen LogP contribution is 2.28. The first kappa shape index (κ1) is 31.2. The van der Waals surface area contributed by atoms with Gasteiger partial charge in [0.2, 0.25) is 21.8 Å². The third kappa shape index (κ3) is 8.82. The van der Waals surface area contributed by atoms with Crippen molar-refractivity contribution in [2.45, 2.75) is 45.3 Å². The molecule has 0 saturated heterocycles. The number of halogens is 1. The van der Waals surface area contributed by atoms with E-state index in [0.29, 0.717) is 15.9 Å². The van der Waals surface area contributed by atoms with Gasteiger partial charge in [0.15, 0.2) is 0 Å². The Morgan fingerprint density at radius 3 is 2.17 bits per heavy atom. The highest BCUT2D eigenvalue weighted by Gasteiger charge is 2.34. The summed E-state index contributed by atoms with van der Waals surface area (Å²) in [6, 6.07) is 22.5. The normalized spacial score (nSPS) is 12.3. The van der Waals surface area contributed by atoms with Gasteiger partial charge in [0.1, 0.15) is 18.3 Å². The predicted octanol–water partition coefficient (Wildman–Crippen LogP) is 4.78. The zero-order valence-electron chi connectivity index (χ0n) is 23.4. The summed E-state index contributed by atoms with van der Waals surface area (Å²) in [5, 5.41) is 3.01. The van der Waals surface area contributed by atoms with Gasteiger partial charge in [-0.1, -0.05) is 54.6 Å². The SMILES string of the molecule is COc1cccc(CN(C(=O)CN(c2ccccc2Br)S(C)(=O)=O)C(Cc2ccccc2)C(=O)NC(C)(C)C)c1. The Kier molecular flexibility index (Phi) is 10.4. The highest BCUT2D eigenvalue weighted by molar-refractivity contribution is 9.10. The van der Waals surface area contributed by atoms with Crippen LogP contribution < -0.4 is 14.4 Å². The van der Waals surface area contributed by atoms with E-state index < -0.39 is 34.1 Å². The number of ether oxygens (including phenoxy) is 1. The lowest BCUT2D eigenvalue weighted by Crippen LogP contribution is -2.56. The zero-order chi connectivity index (χ0) is 29.5. The van der Waals surface area contributed by atoms with Crippen molar-refractivity contribution in [1.82, 2.24) is 10.2 Å². The minimum Gasteiger partial charge on any atom is -0.497 e. The van der Waals surface area contributed by atoms with Crippen molar-refractivity contribution in [2.75, 3.05) is 24.2 Å². The summed E-state index contributed by atoms with van der Waals surface area (Å²) in [6.45, 7) is 5.20. The Balaban J connectivity index is 2.10. The van der Waals surface area contributed by atoms with Gasteiger partial charge in [0.05, 0.1) is 19.1 Å². The number of hydrogen-bond donors (Lipinski definition) is 1. The molecular weight excluding hydrogens is 594 g/mol. The van der Waals surface area contributed by atoms with Gasteiger partial charge in [0.25, 0.3) is 0 Å². The van der Waals surface area contributed by atoms with E-state index in [1.807, 2.05) is 63.2 Å². The van der Waals surface area contributed by atoms with Gasteiger partial charge in [-0.25, -0.2) is 8.42 Å². The molecule has 214 valence electrons. The number of carbonyl (C=O) groups is 2. The largest absolute Gasteiger partial charge is 0.497 e. The number of nitrogens with zero attached hydrogens (tertiary/aromatic N) is 2. The molecule has 1 atom stereocenters. The molecule has 1 unspecified atom stereocenters. The molecule has 1 N–H and O–H groups in total. The molecule has 2 amide bonds. The molecule has 0 bridgehead atoms. The third-order valence-corrected chi connectivity index (χ3v) is 7.85. The van der Waals surface area contributed by atoms with Crippen LogP contribution in [0, 0.1) is 0 Å². The Labute approximate surface area is 245 Å². The summed E-state index contributed by atoms with van der Waals surface area (Å²) in [7, 11) is -2.30. The summed E-state index contributed by atoms with van der Waals surface area (Å²) < 4.78 is 32.8. The predicted molar refractivity (Wildman–Crippen MR) is 162 cm³/mol. The van der Waals surface area contributed by atoms with Crippen LogP contribution in [0.2, 0.25) is 0 Å². The van der Waals surface area contributed by atoms with Crippen molar-refractivity contribution in [3.05, 3.63) is 94.5 Å². The van der Waals surface area contributed by atoms with Crippen LogP contribution in [-0.4, -0.2) is 56.6 Å². The summed E-state index contributed by atoms with van der Waals surface area (Å²) in [6.07, 6.45) is 1.30. The number of amides is 2. The highest BCUT2D eigenvalue weighted by atomic mass is 79.9. The summed E-state index contributed by atoms with van der Waals surface area (Å²) in [4.78, 5) is 29.4. The first-order valence-corrected chi connectivity index (χ1v) is 15.4. The van der Waals surface area contributed by atoms with Gasteiger partial charge >= 0.3 is 0 Å². The van der Waals surface area contributed by atoms with Crippen LogP contribution in [0.25, 0.3) is 0 Å². The Bertz CT molecular complexity index is 1420. The maximum atomic E-state index is 14.1. The van der Waals surface area contributed by atoms with E-state index in [9.17, 15) is 18.0 Å². The number of anilines is 1. The second-order valence-electron chi connectivity index (χ2n) is 10.5. The van der Waals surface area contributed by atoms with Crippen LogP contribution in [0.5, 0.6) is 5.75 Å². The second kappa shape index (κ2) is 13.3. The summed E-state index contributed by atoms with van der Waals surface area (Å²) >= 11 is 3.41. The Morgan fingerprint density at radius 2 is 1.57 bits per heavy atom. The van der Waals surface area contributed by atoms with Gasteiger partial charge < -0.3 is 15.0 Å². The van der Waals surface area contributed by atoms with Crippen molar-refractivity contribution < 1.29 is 22.7 Å². The van der Waals surface area contributed by atoms with Crippen molar-refractivity contribution in [3.8, 4) is 5.75 Å². The average Bonchev–Trinajstić information content (AvgIpc) is 2.88. The van der Waals surface area contributed by atoms with E-state index >= 15 is 0 Å². The minimum atomic E-state index is -3.85. The number of nitrogens with one attached hydrogen (secondary N) is 1. The summed E-state index contributed by atoms with van der Waals surface area (Å²) in [5.41, 5.74) is 1.38. The maximum Gasteiger partial charge on any atom is 0.244 e. The molecule has 0 aliphatic carbocycles. The first-order valence-electron chi connectivity index (χ1n) is 12.8. The standard InChI is InChI=1S/C30H36BrN3O5S/c1-30(2,3)32-29(36)27(19-22-12-7-6-8-13-22)33(20-23-14-11-15-24(18-23)39-4)28(35)21-34(40(5,37)38)26-17-10-9-16-25(26)31/h6-18,27H,19-21H2,1-5H3,(H,32,36). The lowest BCUT2D eigenvalue weighted by atomic mass is 10.0. The molecule has 40 heavy (non-hydrogen) atoms. The van der Waals surface area contributed by atoms with Gasteiger partial charge in [-0.15, -0.1) is 0 Å². The van der Waals surface area contributed by atoms with E-state index in [1.165, 1.54) is 4.90 Å². The summed E-state index contributed by atoms with van der Waals surface area (Å²) in [5.74, 6) is -0.247. The van der Waals surface area contributed by atoms with E-state index in [1.54, 1.807) is 43.5 Å². The number of sulfonamides is 1. The molecule has 3 rings (SSSR count). The number of carbonyl (C=O) groups excluding carboxylic acids is 2. The smallest absolute Gasteiger partial charge is 0.244 e. The van der Waals surface area contributed by atoms with Gasteiger partial charge in [-0.2, -0.15) is 0 Å². The van der Waals surface area contributed by atoms with Crippen LogP contribution in [0.3, 0.4) is 0 Å². The fraction of sp³-hybridized carbons (Fsp3) is 0.333.